The maximum atomic E-state index is 13.6. The molecular formula is C28H30O13. The first kappa shape index (κ1) is 29.1. The zero-order chi connectivity index (χ0) is 30.1. The molecule has 1 heterocycles. The topological polar surface area (TPSA) is 199 Å². The third-order valence-electron chi connectivity index (χ3n) is 8.02. The molecule has 1 unspecified atom stereocenters. The van der Waals surface area contributed by atoms with Gasteiger partial charge in [0, 0.05) is 42.5 Å². The number of hydrogen-bond donors (Lipinski definition) is 5. The minimum atomic E-state index is -2.25. The number of aromatic hydroxyl groups is 2. The third-order valence-corrected chi connectivity index (χ3v) is 8.02. The van der Waals surface area contributed by atoms with Crippen molar-refractivity contribution in [1.82, 2.24) is 0 Å². The molecule has 0 bridgehead atoms. The number of rotatable bonds is 5. The number of carbonyl (C=O) groups is 3. The first-order valence-corrected chi connectivity index (χ1v) is 12.7. The van der Waals surface area contributed by atoms with Crippen LogP contribution in [0.1, 0.15) is 67.7 Å². The monoisotopic (exact) mass is 574 g/mol. The van der Waals surface area contributed by atoms with Crippen molar-refractivity contribution in [2.24, 2.45) is 0 Å². The van der Waals surface area contributed by atoms with Crippen LogP contribution in [0.2, 0.25) is 0 Å². The van der Waals surface area contributed by atoms with Gasteiger partial charge in [-0.05, 0) is 26.0 Å². The number of benzene rings is 2. The van der Waals surface area contributed by atoms with E-state index < -0.39 is 82.9 Å². The summed E-state index contributed by atoms with van der Waals surface area (Å²) in [5.41, 5.74) is -4.24. The zero-order valence-electron chi connectivity index (χ0n) is 22.8. The standard InChI is InChI=1S/C28H30O13/c1-9-18(30)22(34)24(38-4)27(40-9)41-23-17-13(25(35)28(2,36)26(23)39-5)8-12-16(21(17)33)20(32)15-11(19(12)31)6-10(37-3)7-14(15)29/h6-9,18,22-24,26-27,29-30,33-34,36H,1-5H3/t9-,18-,22+,23+,24+,26?,27-,28+/m0/s1. The van der Waals surface area contributed by atoms with E-state index in [2.05, 4.69) is 0 Å². The Morgan fingerprint density at radius 1 is 0.878 bits per heavy atom. The molecule has 2 aliphatic carbocycles. The van der Waals surface area contributed by atoms with Crippen molar-refractivity contribution >= 4 is 17.3 Å². The highest BCUT2D eigenvalue weighted by Gasteiger charge is 2.56. The number of aliphatic hydroxyl groups excluding tert-OH is 2. The number of Topliss-reactive ketones (excluding diaryl/α,β-unsaturated/α-hetero) is 1. The summed E-state index contributed by atoms with van der Waals surface area (Å²) in [5, 5.41) is 54.2. The van der Waals surface area contributed by atoms with E-state index in [0.29, 0.717) is 0 Å². The number of phenols is 2. The number of carbonyl (C=O) groups excluding carboxylic acids is 3. The van der Waals surface area contributed by atoms with Crippen LogP contribution in [-0.2, 0) is 18.9 Å². The summed E-state index contributed by atoms with van der Waals surface area (Å²) in [6.45, 7) is 2.65. The van der Waals surface area contributed by atoms with Crippen LogP contribution in [0.15, 0.2) is 18.2 Å². The van der Waals surface area contributed by atoms with Crippen molar-refractivity contribution in [2.45, 2.75) is 62.4 Å². The zero-order valence-corrected chi connectivity index (χ0v) is 22.8. The third kappa shape index (κ3) is 4.15. The fourth-order valence-corrected chi connectivity index (χ4v) is 5.82. The van der Waals surface area contributed by atoms with Gasteiger partial charge in [0.2, 0.25) is 5.78 Å². The molecule has 1 aliphatic heterocycles. The lowest BCUT2D eigenvalue weighted by atomic mass is 9.72. The van der Waals surface area contributed by atoms with E-state index in [1.54, 1.807) is 0 Å². The van der Waals surface area contributed by atoms with Crippen LogP contribution in [0.4, 0.5) is 0 Å². The molecule has 220 valence electrons. The van der Waals surface area contributed by atoms with E-state index in [-0.39, 0.29) is 33.6 Å². The highest BCUT2D eigenvalue weighted by Crippen LogP contribution is 2.49. The Bertz CT molecular complexity index is 1450. The van der Waals surface area contributed by atoms with Gasteiger partial charge in [0.25, 0.3) is 0 Å². The number of hydrogen-bond acceptors (Lipinski definition) is 13. The Hall–Kier alpha value is -3.43. The van der Waals surface area contributed by atoms with E-state index >= 15 is 0 Å². The summed E-state index contributed by atoms with van der Waals surface area (Å²) in [5.74, 6) is -3.85. The van der Waals surface area contributed by atoms with Gasteiger partial charge >= 0.3 is 0 Å². The Labute approximate surface area is 233 Å². The van der Waals surface area contributed by atoms with Gasteiger partial charge < -0.3 is 49.2 Å². The van der Waals surface area contributed by atoms with Crippen molar-refractivity contribution in [3.63, 3.8) is 0 Å². The SMILES string of the molecule is COc1cc(O)c2c(c1)C(=O)c1cc3c(c(O)c1C2=O)[C@@H](O[C@@H]1O[C@@H](C)[C@H](O)[C@@H](O)[C@H]1OC)C(OC)[C@](C)(O)C3=O. The second kappa shape index (κ2) is 10.1. The molecule has 5 N–H and O–H groups in total. The molecule has 1 saturated heterocycles. The average molecular weight is 575 g/mol. The molecule has 13 heteroatoms. The molecule has 0 amide bonds. The van der Waals surface area contributed by atoms with Crippen LogP contribution < -0.4 is 4.74 Å². The molecule has 0 spiro atoms. The number of methoxy groups -OCH3 is 3. The molecule has 13 nitrogen and oxygen atoms in total. The molecule has 8 atom stereocenters. The number of ether oxygens (including phenoxy) is 5. The van der Waals surface area contributed by atoms with Gasteiger partial charge in [0.05, 0.1) is 24.3 Å². The van der Waals surface area contributed by atoms with Gasteiger partial charge in [-0.2, -0.15) is 0 Å². The van der Waals surface area contributed by atoms with Crippen LogP contribution in [0.25, 0.3) is 0 Å². The van der Waals surface area contributed by atoms with Gasteiger partial charge in [0.15, 0.2) is 23.5 Å². The van der Waals surface area contributed by atoms with E-state index in [9.17, 15) is 39.9 Å². The van der Waals surface area contributed by atoms with Gasteiger partial charge in [-0.15, -0.1) is 0 Å². The number of aliphatic hydroxyl groups is 3. The first-order chi connectivity index (χ1) is 19.3. The number of ketones is 3. The maximum absolute atomic E-state index is 13.6. The Morgan fingerprint density at radius 3 is 2.15 bits per heavy atom. The summed E-state index contributed by atoms with van der Waals surface area (Å²) in [4.78, 5) is 40.7. The van der Waals surface area contributed by atoms with Crippen LogP contribution in [0.5, 0.6) is 17.2 Å². The van der Waals surface area contributed by atoms with Crippen LogP contribution in [-0.4, -0.2) is 107 Å². The predicted octanol–water partition coefficient (Wildman–Crippen LogP) is 0.383. The van der Waals surface area contributed by atoms with E-state index in [1.807, 2.05) is 0 Å². The van der Waals surface area contributed by atoms with Crippen LogP contribution in [0.3, 0.4) is 0 Å². The van der Waals surface area contributed by atoms with Gasteiger partial charge in [-0.1, -0.05) is 0 Å². The first-order valence-electron chi connectivity index (χ1n) is 12.7. The molecule has 5 rings (SSSR count). The quantitative estimate of drug-likeness (QED) is 0.281. The van der Waals surface area contributed by atoms with Gasteiger partial charge in [-0.3, -0.25) is 14.4 Å². The predicted molar refractivity (Wildman–Crippen MR) is 136 cm³/mol. The lowest BCUT2D eigenvalue weighted by Crippen LogP contribution is -2.60. The van der Waals surface area contributed by atoms with Crippen molar-refractivity contribution in [2.75, 3.05) is 21.3 Å². The molecule has 0 radical (unpaired) electrons. The molecular weight excluding hydrogens is 544 g/mol. The Kier molecular flexibility index (Phi) is 7.19. The molecule has 0 saturated carbocycles. The second-order valence-electron chi connectivity index (χ2n) is 10.4. The smallest absolute Gasteiger partial charge is 0.201 e. The average Bonchev–Trinajstić information content (AvgIpc) is 2.92. The Morgan fingerprint density at radius 2 is 1.54 bits per heavy atom. The molecule has 3 aliphatic rings. The normalized spacial score (nSPS) is 32.8. The fraction of sp³-hybridized carbons (Fsp3) is 0.464. The van der Waals surface area contributed by atoms with E-state index in [0.717, 1.165) is 12.1 Å². The van der Waals surface area contributed by atoms with Crippen molar-refractivity contribution < 1.29 is 63.6 Å². The summed E-state index contributed by atoms with van der Waals surface area (Å²) >= 11 is 0. The minimum Gasteiger partial charge on any atom is -0.507 e. The molecule has 2 aromatic rings. The van der Waals surface area contributed by atoms with Crippen LogP contribution >= 0.6 is 0 Å². The minimum absolute atomic E-state index is 0.102. The molecule has 1 fully saturated rings. The van der Waals surface area contributed by atoms with Gasteiger partial charge in [0.1, 0.15) is 47.8 Å². The summed E-state index contributed by atoms with van der Waals surface area (Å²) in [6, 6.07) is 3.48. The summed E-state index contributed by atoms with van der Waals surface area (Å²) in [7, 11) is 3.75. The largest absolute Gasteiger partial charge is 0.507 e. The van der Waals surface area contributed by atoms with E-state index in [1.165, 1.54) is 41.2 Å². The highest BCUT2D eigenvalue weighted by atomic mass is 16.7. The van der Waals surface area contributed by atoms with Gasteiger partial charge in [-0.25, -0.2) is 0 Å². The molecule has 41 heavy (non-hydrogen) atoms. The number of fused-ring (bicyclic) bond motifs is 3. The number of phenolic OH excluding ortho intramolecular Hbond substituents is 2. The molecule has 0 aromatic heterocycles. The summed E-state index contributed by atoms with van der Waals surface area (Å²) < 4.78 is 27.7. The highest BCUT2D eigenvalue weighted by molar-refractivity contribution is 6.31. The van der Waals surface area contributed by atoms with Crippen molar-refractivity contribution in [3.05, 3.63) is 51.6 Å². The lowest BCUT2D eigenvalue weighted by molar-refractivity contribution is -0.321. The molecule has 2 aromatic carbocycles. The second-order valence-corrected chi connectivity index (χ2v) is 10.4. The van der Waals surface area contributed by atoms with Crippen LogP contribution in [0, 0.1) is 0 Å². The van der Waals surface area contributed by atoms with E-state index in [4.69, 9.17) is 23.7 Å². The fourth-order valence-electron chi connectivity index (χ4n) is 5.82. The maximum Gasteiger partial charge on any atom is 0.201 e. The lowest BCUT2D eigenvalue weighted by Gasteiger charge is -2.46. The summed E-state index contributed by atoms with van der Waals surface area (Å²) in [6.07, 6.45) is -9.35. The Balaban J connectivity index is 1.71. The van der Waals surface area contributed by atoms with Crippen molar-refractivity contribution in [1.29, 1.82) is 0 Å². The van der Waals surface area contributed by atoms with Crippen molar-refractivity contribution in [3.8, 4) is 17.2 Å².